The maximum absolute atomic E-state index is 10.8. The molecule has 0 bridgehead atoms. The highest BCUT2D eigenvalue weighted by molar-refractivity contribution is 5.10. The minimum absolute atomic E-state index is 0.328. The smallest absolute Gasteiger partial charge is 0.0642 e. The second kappa shape index (κ2) is 8.00. The molecule has 4 rings (SSSR count). The van der Waals surface area contributed by atoms with E-state index in [4.69, 9.17) is 0 Å². The first-order chi connectivity index (χ1) is 14.3. The molecule has 2 unspecified atom stereocenters. The van der Waals surface area contributed by atoms with Gasteiger partial charge in [-0.25, -0.2) is 0 Å². The average Bonchev–Trinajstić information content (AvgIpc) is 3.04. The van der Waals surface area contributed by atoms with Gasteiger partial charge in [0.25, 0.3) is 0 Å². The van der Waals surface area contributed by atoms with Crippen molar-refractivity contribution in [3.05, 3.63) is 0 Å². The van der Waals surface area contributed by atoms with Gasteiger partial charge in [-0.2, -0.15) is 0 Å². The Morgan fingerprint density at radius 1 is 0.871 bits per heavy atom. The predicted octanol–water partition coefficient (Wildman–Crippen LogP) is 7.22. The molecule has 4 saturated carbocycles. The molecule has 4 aliphatic carbocycles. The van der Waals surface area contributed by atoms with E-state index < -0.39 is 11.2 Å². The molecule has 2 heteroatoms. The zero-order chi connectivity index (χ0) is 22.8. The van der Waals surface area contributed by atoms with Gasteiger partial charge in [0.2, 0.25) is 0 Å². The zero-order valence-corrected chi connectivity index (χ0v) is 21.7. The van der Waals surface area contributed by atoms with Crippen LogP contribution in [-0.4, -0.2) is 21.4 Å². The Morgan fingerprint density at radius 2 is 1.55 bits per heavy atom. The third kappa shape index (κ3) is 4.05. The summed E-state index contributed by atoms with van der Waals surface area (Å²) < 4.78 is 0. The third-order valence-corrected chi connectivity index (χ3v) is 12.1. The van der Waals surface area contributed by atoms with Crippen molar-refractivity contribution in [2.24, 2.45) is 52.3 Å². The van der Waals surface area contributed by atoms with Gasteiger partial charge in [-0.15, -0.1) is 0 Å². The molecule has 10 atom stereocenters. The summed E-state index contributed by atoms with van der Waals surface area (Å²) in [6, 6.07) is 0. The fourth-order valence-electron chi connectivity index (χ4n) is 9.42. The van der Waals surface area contributed by atoms with Gasteiger partial charge in [0, 0.05) is 0 Å². The zero-order valence-electron chi connectivity index (χ0n) is 21.7. The van der Waals surface area contributed by atoms with Crippen molar-refractivity contribution in [3.63, 3.8) is 0 Å². The molecular weight excluding hydrogens is 380 g/mol. The van der Waals surface area contributed by atoms with Crippen LogP contribution in [0.1, 0.15) is 119 Å². The van der Waals surface area contributed by atoms with Crippen molar-refractivity contribution in [2.45, 2.75) is 130 Å². The molecule has 0 aliphatic heterocycles. The van der Waals surface area contributed by atoms with Crippen LogP contribution in [0.2, 0.25) is 0 Å². The van der Waals surface area contributed by atoms with Crippen LogP contribution < -0.4 is 0 Å². The maximum Gasteiger partial charge on any atom is 0.0642 e. The quantitative estimate of drug-likeness (QED) is 0.481. The highest BCUT2D eigenvalue weighted by atomic mass is 16.3. The Morgan fingerprint density at radius 3 is 2.23 bits per heavy atom. The highest BCUT2D eigenvalue weighted by Crippen LogP contribution is 2.68. The largest absolute Gasteiger partial charge is 0.390 e. The van der Waals surface area contributed by atoms with E-state index in [0.29, 0.717) is 22.7 Å². The first-order valence-corrected chi connectivity index (χ1v) is 13.7. The monoisotopic (exact) mass is 432 g/mol. The molecule has 0 saturated heterocycles. The molecule has 0 radical (unpaired) electrons. The van der Waals surface area contributed by atoms with Crippen LogP contribution in [0.4, 0.5) is 0 Å². The lowest BCUT2D eigenvalue weighted by molar-refractivity contribution is -0.148. The summed E-state index contributed by atoms with van der Waals surface area (Å²) in [5.41, 5.74) is 0.0189. The molecule has 0 aromatic heterocycles. The SMILES string of the molecule is CC(C)C(C)(O)CC[C@@H](C)C1CC[C@H]2[C@@H]3CC[C@H]4C[C@@](C)(O)CC[C@]4(C)[C@H]3CC[C@]12C. The number of hydrogen-bond acceptors (Lipinski definition) is 2. The van der Waals surface area contributed by atoms with Gasteiger partial charge in [0.15, 0.2) is 0 Å². The second-order valence-corrected chi connectivity index (χ2v) is 14.1. The van der Waals surface area contributed by atoms with Gasteiger partial charge in [-0.3, -0.25) is 0 Å². The first-order valence-electron chi connectivity index (χ1n) is 13.7. The number of fused-ring (bicyclic) bond motifs is 5. The number of rotatable bonds is 5. The van der Waals surface area contributed by atoms with Crippen molar-refractivity contribution in [1.82, 2.24) is 0 Å². The van der Waals surface area contributed by atoms with Gasteiger partial charge in [0.1, 0.15) is 0 Å². The molecule has 4 aliphatic rings. The van der Waals surface area contributed by atoms with E-state index in [2.05, 4.69) is 41.5 Å². The summed E-state index contributed by atoms with van der Waals surface area (Å²) in [4.78, 5) is 0. The molecule has 2 N–H and O–H groups in total. The molecule has 4 fully saturated rings. The minimum atomic E-state index is -0.528. The minimum Gasteiger partial charge on any atom is -0.390 e. The molecule has 0 spiro atoms. The molecule has 180 valence electrons. The number of hydrogen-bond donors (Lipinski definition) is 2. The van der Waals surface area contributed by atoms with Gasteiger partial charge in [0.05, 0.1) is 11.2 Å². The van der Waals surface area contributed by atoms with Crippen molar-refractivity contribution in [2.75, 3.05) is 0 Å². The van der Waals surface area contributed by atoms with Crippen LogP contribution in [0.15, 0.2) is 0 Å². The van der Waals surface area contributed by atoms with Crippen LogP contribution >= 0.6 is 0 Å². The van der Waals surface area contributed by atoms with Crippen LogP contribution in [0, 0.1) is 52.3 Å². The van der Waals surface area contributed by atoms with E-state index in [1.54, 1.807) is 0 Å². The lowest BCUT2D eigenvalue weighted by atomic mass is 9.43. The summed E-state index contributed by atoms with van der Waals surface area (Å²) in [6.45, 7) is 16.2. The third-order valence-electron chi connectivity index (χ3n) is 12.1. The molecule has 0 heterocycles. The van der Waals surface area contributed by atoms with Crippen LogP contribution in [0.5, 0.6) is 0 Å². The Balaban J connectivity index is 1.47. The average molecular weight is 433 g/mol. The summed E-state index contributed by atoms with van der Waals surface area (Å²) in [5.74, 6) is 5.32. The summed E-state index contributed by atoms with van der Waals surface area (Å²) in [6.07, 6.45) is 13.8. The summed E-state index contributed by atoms with van der Waals surface area (Å²) >= 11 is 0. The molecular formula is C29H52O2. The Labute approximate surface area is 193 Å². The normalized spacial score (nSPS) is 50.3. The second-order valence-electron chi connectivity index (χ2n) is 14.1. The van der Waals surface area contributed by atoms with Gasteiger partial charge in [-0.05, 0) is 137 Å². The van der Waals surface area contributed by atoms with Crippen molar-refractivity contribution >= 4 is 0 Å². The van der Waals surface area contributed by atoms with E-state index in [1.165, 1.54) is 51.4 Å². The Hall–Kier alpha value is -0.0800. The van der Waals surface area contributed by atoms with E-state index in [-0.39, 0.29) is 0 Å². The van der Waals surface area contributed by atoms with Crippen molar-refractivity contribution in [3.8, 4) is 0 Å². The van der Waals surface area contributed by atoms with E-state index in [1.807, 2.05) is 6.92 Å². The van der Waals surface area contributed by atoms with Gasteiger partial charge >= 0.3 is 0 Å². The fourth-order valence-corrected chi connectivity index (χ4v) is 9.42. The molecule has 0 aromatic carbocycles. The summed E-state index contributed by atoms with van der Waals surface area (Å²) in [5, 5.41) is 21.5. The van der Waals surface area contributed by atoms with Crippen molar-refractivity contribution < 1.29 is 10.2 Å². The lowest BCUT2D eigenvalue weighted by Gasteiger charge is -2.62. The Kier molecular flexibility index (Phi) is 6.21. The van der Waals surface area contributed by atoms with Crippen molar-refractivity contribution in [1.29, 1.82) is 0 Å². The first kappa shape index (κ1) is 24.1. The number of aliphatic hydroxyl groups is 2. The predicted molar refractivity (Wildman–Crippen MR) is 130 cm³/mol. The van der Waals surface area contributed by atoms with Crippen LogP contribution in [-0.2, 0) is 0 Å². The standard InChI is InChI=1S/C29H52O2/c1-19(2)29(7,31)15-12-20(3)23-10-11-24-22-9-8-21-18-26(4,30)16-17-27(21,5)25(22)13-14-28(23,24)6/h19-25,30-31H,8-18H2,1-7H3/t20-,21+,22+,23?,24+,25+,26+,27+,28-,29?/m1/s1. The van der Waals surface area contributed by atoms with E-state index in [0.717, 1.165) is 48.9 Å². The highest BCUT2D eigenvalue weighted by Gasteiger charge is 2.61. The molecule has 2 nitrogen and oxygen atoms in total. The van der Waals surface area contributed by atoms with Crippen LogP contribution in [0.25, 0.3) is 0 Å². The molecule has 31 heavy (non-hydrogen) atoms. The topological polar surface area (TPSA) is 40.5 Å². The van der Waals surface area contributed by atoms with Gasteiger partial charge < -0.3 is 10.2 Å². The van der Waals surface area contributed by atoms with E-state index in [9.17, 15) is 10.2 Å². The molecule has 0 amide bonds. The fraction of sp³-hybridized carbons (Fsp3) is 1.00. The maximum atomic E-state index is 10.8. The van der Waals surface area contributed by atoms with E-state index >= 15 is 0 Å². The summed E-state index contributed by atoms with van der Waals surface area (Å²) in [7, 11) is 0. The Bertz CT molecular complexity index is 651. The van der Waals surface area contributed by atoms with Crippen LogP contribution in [0.3, 0.4) is 0 Å². The lowest BCUT2D eigenvalue weighted by Crippen LogP contribution is -2.55. The molecule has 0 aromatic rings. The van der Waals surface area contributed by atoms with Gasteiger partial charge in [-0.1, -0.05) is 34.6 Å².